The van der Waals surface area contributed by atoms with Crippen LogP contribution in [0.2, 0.25) is 0 Å². The number of oxazole rings is 1. The molecular weight excluding hydrogens is 348 g/mol. The van der Waals surface area contributed by atoms with Gasteiger partial charge in [0.1, 0.15) is 6.26 Å². The summed E-state index contributed by atoms with van der Waals surface area (Å²) in [5, 5.41) is 6.96. The van der Waals surface area contributed by atoms with Crippen molar-refractivity contribution in [3.05, 3.63) is 59.6 Å². The molecular formula is C19H22N4O4. The Kier molecular flexibility index (Phi) is 5.44. The van der Waals surface area contributed by atoms with Gasteiger partial charge in [0.15, 0.2) is 23.8 Å². The molecule has 2 heterocycles. The third kappa shape index (κ3) is 4.46. The minimum atomic E-state index is -0.325. The second kappa shape index (κ2) is 7.94. The Morgan fingerprint density at radius 2 is 2.19 bits per heavy atom. The average Bonchev–Trinajstić information content (AvgIpc) is 3.29. The standard InChI is InChI=1S/C19H22N4O4/c1-12-5-6-16(17(7-12)25-4)26-11-18-22-15(10-27-18)19(24)21-13(2)14-8-20-23(3)9-14/h5-10,13H,11H2,1-4H3,(H,21,24). The number of nitrogens with zero attached hydrogens (tertiary/aromatic N) is 3. The summed E-state index contributed by atoms with van der Waals surface area (Å²) in [4.78, 5) is 16.5. The van der Waals surface area contributed by atoms with Gasteiger partial charge in [0, 0.05) is 18.8 Å². The van der Waals surface area contributed by atoms with Crippen molar-refractivity contribution in [1.29, 1.82) is 0 Å². The van der Waals surface area contributed by atoms with E-state index >= 15 is 0 Å². The van der Waals surface area contributed by atoms with Crippen molar-refractivity contribution in [1.82, 2.24) is 20.1 Å². The number of carbonyl (C=O) groups is 1. The van der Waals surface area contributed by atoms with Gasteiger partial charge in [0.05, 0.1) is 19.3 Å². The highest BCUT2D eigenvalue weighted by atomic mass is 16.5. The molecule has 0 saturated carbocycles. The first-order valence-corrected chi connectivity index (χ1v) is 8.47. The van der Waals surface area contributed by atoms with Gasteiger partial charge in [-0.25, -0.2) is 4.98 Å². The average molecular weight is 370 g/mol. The highest BCUT2D eigenvalue weighted by Crippen LogP contribution is 2.28. The fourth-order valence-corrected chi connectivity index (χ4v) is 2.53. The van der Waals surface area contributed by atoms with Crippen LogP contribution in [-0.2, 0) is 13.7 Å². The van der Waals surface area contributed by atoms with Crippen LogP contribution in [0.4, 0.5) is 0 Å². The van der Waals surface area contributed by atoms with Gasteiger partial charge < -0.3 is 19.2 Å². The Bertz CT molecular complexity index is 931. The van der Waals surface area contributed by atoms with Gasteiger partial charge in [-0.1, -0.05) is 6.07 Å². The van der Waals surface area contributed by atoms with Gasteiger partial charge >= 0.3 is 0 Å². The van der Waals surface area contributed by atoms with E-state index in [-0.39, 0.29) is 24.2 Å². The molecule has 0 spiro atoms. The molecule has 27 heavy (non-hydrogen) atoms. The number of nitrogens with one attached hydrogen (secondary N) is 1. The Labute approximate surface area is 157 Å². The lowest BCUT2D eigenvalue weighted by Gasteiger charge is -2.10. The quantitative estimate of drug-likeness (QED) is 0.688. The fourth-order valence-electron chi connectivity index (χ4n) is 2.53. The summed E-state index contributed by atoms with van der Waals surface area (Å²) in [6.45, 7) is 3.94. The van der Waals surface area contributed by atoms with Gasteiger partial charge in [-0.05, 0) is 31.5 Å². The van der Waals surface area contributed by atoms with Crippen LogP contribution >= 0.6 is 0 Å². The molecule has 8 heteroatoms. The molecule has 1 atom stereocenters. The Morgan fingerprint density at radius 3 is 2.89 bits per heavy atom. The van der Waals surface area contributed by atoms with Crippen LogP contribution in [-0.4, -0.2) is 27.8 Å². The Balaban J connectivity index is 1.60. The zero-order chi connectivity index (χ0) is 19.4. The monoisotopic (exact) mass is 370 g/mol. The third-order valence-corrected chi connectivity index (χ3v) is 4.03. The molecule has 142 valence electrons. The third-order valence-electron chi connectivity index (χ3n) is 4.03. The molecule has 2 aromatic heterocycles. The van der Waals surface area contributed by atoms with E-state index < -0.39 is 0 Å². The molecule has 1 N–H and O–H groups in total. The predicted molar refractivity (Wildman–Crippen MR) is 97.7 cm³/mol. The van der Waals surface area contributed by atoms with Crippen molar-refractivity contribution in [3.63, 3.8) is 0 Å². The number of hydrogen-bond donors (Lipinski definition) is 1. The van der Waals surface area contributed by atoms with Crippen molar-refractivity contribution in [2.75, 3.05) is 7.11 Å². The number of carbonyl (C=O) groups excluding carboxylic acids is 1. The SMILES string of the molecule is COc1cc(C)ccc1OCc1nc(C(=O)NC(C)c2cnn(C)c2)co1. The molecule has 1 unspecified atom stereocenters. The van der Waals surface area contributed by atoms with Gasteiger partial charge in [-0.2, -0.15) is 5.10 Å². The maximum Gasteiger partial charge on any atom is 0.273 e. The zero-order valence-corrected chi connectivity index (χ0v) is 15.7. The molecule has 0 aliphatic rings. The van der Waals surface area contributed by atoms with E-state index in [4.69, 9.17) is 13.9 Å². The smallest absolute Gasteiger partial charge is 0.273 e. The number of hydrogen-bond acceptors (Lipinski definition) is 6. The molecule has 1 aromatic carbocycles. The molecule has 0 saturated heterocycles. The van der Waals surface area contributed by atoms with E-state index in [1.54, 1.807) is 18.0 Å². The molecule has 0 fully saturated rings. The predicted octanol–water partition coefficient (Wildman–Crippen LogP) is 2.80. The van der Waals surface area contributed by atoms with Crippen LogP contribution in [0, 0.1) is 6.92 Å². The first-order valence-electron chi connectivity index (χ1n) is 8.47. The molecule has 1 amide bonds. The molecule has 0 aliphatic carbocycles. The lowest BCUT2D eigenvalue weighted by atomic mass is 10.2. The van der Waals surface area contributed by atoms with Crippen LogP contribution in [0.3, 0.4) is 0 Å². The van der Waals surface area contributed by atoms with E-state index in [0.717, 1.165) is 11.1 Å². The minimum absolute atomic E-state index is 0.0882. The van der Waals surface area contributed by atoms with Gasteiger partial charge in [0.25, 0.3) is 5.91 Å². The van der Waals surface area contributed by atoms with Crippen LogP contribution in [0.25, 0.3) is 0 Å². The van der Waals surface area contributed by atoms with Gasteiger partial charge in [-0.15, -0.1) is 0 Å². The first kappa shape index (κ1) is 18.5. The van der Waals surface area contributed by atoms with E-state index in [0.29, 0.717) is 17.4 Å². The molecule has 8 nitrogen and oxygen atoms in total. The lowest BCUT2D eigenvalue weighted by molar-refractivity contribution is 0.0934. The number of methoxy groups -OCH3 is 1. The largest absolute Gasteiger partial charge is 0.493 e. The van der Waals surface area contributed by atoms with Crippen LogP contribution in [0.15, 0.2) is 41.3 Å². The Morgan fingerprint density at radius 1 is 1.37 bits per heavy atom. The number of rotatable bonds is 7. The molecule has 0 bridgehead atoms. The minimum Gasteiger partial charge on any atom is -0.493 e. The summed E-state index contributed by atoms with van der Waals surface area (Å²) in [5.74, 6) is 1.19. The van der Waals surface area contributed by atoms with E-state index in [1.807, 2.05) is 45.3 Å². The van der Waals surface area contributed by atoms with Crippen LogP contribution < -0.4 is 14.8 Å². The number of benzene rings is 1. The normalized spacial score (nSPS) is 11.9. The second-order valence-electron chi connectivity index (χ2n) is 6.21. The fraction of sp³-hybridized carbons (Fsp3) is 0.316. The highest BCUT2D eigenvalue weighted by Gasteiger charge is 2.17. The zero-order valence-electron chi connectivity index (χ0n) is 15.7. The topological polar surface area (TPSA) is 91.4 Å². The number of aryl methyl sites for hydroxylation is 2. The molecule has 0 aliphatic heterocycles. The van der Waals surface area contributed by atoms with Crippen molar-refractivity contribution >= 4 is 5.91 Å². The maximum atomic E-state index is 12.3. The van der Waals surface area contributed by atoms with Crippen LogP contribution in [0.5, 0.6) is 11.5 Å². The van der Waals surface area contributed by atoms with Gasteiger partial charge in [0.2, 0.25) is 5.89 Å². The number of amides is 1. The van der Waals surface area contributed by atoms with Gasteiger partial charge in [-0.3, -0.25) is 9.48 Å². The number of ether oxygens (including phenoxy) is 2. The van der Waals surface area contributed by atoms with Crippen molar-refractivity contribution in [2.24, 2.45) is 7.05 Å². The molecule has 3 aromatic rings. The van der Waals surface area contributed by atoms with Crippen molar-refractivity contribution < 1.29 is 18.7 Å². The second-order valence-corrected chi connectivity index (χ2v) is 6.21. The lowest BCUT2D eigenvalue weighted by Crippen LogP contribution is -2.26. The summed E-state index contributed by atoms with van der Waals surface area (Å²) in [5.41, 5.74) is 2.17. The van der Waals surface area contributed by atoms with E-state index in [2.05, 4.69) is 15.4 Å². The molecule has 0 radical (unpaired) electrons. The van der Waals surface area contributed by atoms with E-state index in [1.165, 1.54) is 6.26 Å². The summed E-state index contributed by atoms with van der Waals surface area (Å²) >= 11 is 0. The molecule has 3 rings (SSSR count). The van der Waals surface area contributed by atoms with Crippen molar-refractivity contribution in [3.8, 4) is 11.5 Å². The maximum absolute atomic E-state index is 12.3. The summed E-state index contributed by atoms with van der Waals surface area (Å²) in [7, 11) is 3.41. The summed E-state index contributed by atoms with van der Waals surface area (Å²) in [6.07, 6.45) is 4.88. The first-order chi connectivity index (χ1) is 13.0. The van der Waals surface area contributed by atoms with E-state index in [9.17, 15) is 4.79 Å². The number of aromatic nitrogens is 3. The van der Waals surface area contributed by atoms with Crippen molar-refractivity contribution in [2.45, 2.75) is 26.5 Å². The van der Waals surface area contributed by atoms with Crippen LogP contribution in [0.1, 0.15) is 40.5 Å². The highest BCUT2D eigenvalue weighted by molar-refractivity contribution is 5.92. The summed E-state index contributed by atoms with van der Waals surface area (Å²) < 4.78 is 18.0. The summed E-state index contributed by atoms with van der Waals surface area (Å²) in [6, 6.07) is 5.43. The Hall–Kier alpha value is -3.29.